The lowest BCUT2D eigenvalue weighted by molar-refractivity contribution is -0.123. The largest absolute Gasteiger partial charge is 0.493 e. The van der Waals surface area contributed by atoms with Gasteiger partial charge in [0.2, 0.25) is 5.91 Å². The van der Waals surface area contributed by atoms with Crippen molar-refractivity contribution in [2.75, 3.05) is 14.2 Å². The van der Waals surface area contributed by atoms with Crippen LogP contribution >= 0.6 is 0 Å². The van der Waals surface area contributed by atoms with Crippen molar-refractivity contribution >= 4 is 5.91 Å². The number of benzene rings is 3. The minimum Gasteiger partial charge on any atom is -0.493 e. The molecule has 5 rings (SSSR count). The summed E-state index contributed by atoms with van der Waals surface area (Å²) in [5.74, 6) is 2.56. The van der Waals surface area contributed by atoms with Crippen LogP contribution in [0.25, 0.3) is 11.3 Å². The lowest BCUT2D eigenvalue weighted by atomic mass is 10.00. The van der Waals surface area contributed by atoms with Gasteiger partial charge in [0.1, 0.15) is 12.4 Å². The second-order valence-corrected chi connectivity index (χ2v) is 8.83. The van der Waals surface area contributed by atoms with Gasteiger partial charge in [-0.05, 0) is 54.3 Å². The summed E-state index contributed by atoms with van der Waals surface area (Å²) < 4.78 is 22.1. The molecule has 0 spiro atoms. The number of rotatable bonds is 10. The van der Waals surface area contributed by atoms with Gasteiger partial charge in [-0.15, -0.1) is 0 Å². The molecule has 184 valence electrons. The third-order valence-corrected chi connectivity index (χ3v) is 6.48. The molecule has 1 heterocycles. The zero-order valence-electron chi connectivity index (χ0n) is 20.3. The topological polar surface area (TPSA) is 82.8 Å². The standard InChI is InChI=1S/C29H28N2O5/c1-33-24-13-10-22(16-26(24)34-2)25-17-27(31-36-25)29(14-15-29)28(32)30-18-20-8-11-23(12-9-20)35-19-21-6-4-3-5-7-21/h3-13,16-17H,14-15,18-19H2,1-2H3,(H,30,32). The van der Waals surface area contributed by atoms with E-state index in [1.165, 1.54) is 0 Å². The maximum atomic E-state index is 13.1. The highest BCUT2D eigenvalue weighted by atomic mass is 16.5. The highest BCUT2D eigenvalue weighted by molar-refractivity contribution is 5.91. The lowest BCUT2D eigenvalue weighted by Gasteiger charge is -2.13. The molecule has 0 aliphatic heterocycles. The number of amides is 1. The number of nitrogens with one attached hydrogen (secondary N) is 1. The fourth-order valence-electron chi connectivity index (χ4n) is 4.15. The number of aromatic nitrogens is 1. The molecule has 0 atom stereocenters. The molecule has 1 aliphatic rings. The zero-order valence-corrected chi connectivity index (χ0v) is 20.3. The van der Waals surface area contributed by atoms with Crippen molar-refractivity contribution in [3.05, 3.63) is 95.7 Å². The van der Waals surface area contributed by atoms with Gasteiger partial charge in [-0.25, -0.2) is 0 Å². The fourth-order valence-corrected chi connectivity index (χ4v) is 4.15. The van der Waals surface area contributed by atoms with Gasteiger partial charge in [-0.2, -0.15) is 0 Å². The van der Waals surface area contributed by atoms with Gasteiger partial charge in [0.05, 0.1) is 25.3 Å². The Kier molecular flexibility index (Phi) is 6.62. The van der Waals surface area contributed by atoms with Crippen LogP contribution in [0.15, 0.2) is 83.4 Å². The molecule has 1 aliphatic carbocycles. The molecule has 0 saturated heterocycles. The molecule has 0 bridgehead atoms. The number of methoxy groups -OCH3 is 2. The number of hydrogen-bond acceptors (Lipinski definition) is 6. The van der Waals surface area contributed by atoms with E-state index in [1.807, 2.05) is 78.9 Å². The summed E-state index contributed by atoms with van der Waals surface area (Å²) >= 11 is 0. The van der Waals surface area contributed by atoms with Crippen molar-refractivity contribution in [2.45, 2.75) is 31.4 Å². The van der Waals surface area contributed by atoms with E-state index in [2.05, 4.69) is 10.5 Å². The predicted molar refractivity (Wildman–Crippen MR) is 135 cm³/mol. The van der Waals surface area contributed by atoms with E-state index < -0.39 is 5.41 Å². The third kappa shape index (κ3) is 4.91. The normalized spacial score (nSPS) is 13.6. The maximum Gasteiger partial charge on any atom is 0.232 e. The molecule has 4 aromatic rings. The Morgan fingerprint density at radius 3 is 2.36 bits per heavy atom. The van der Waals surface area contributed by atoms with Gasteiger partial charge in [-0.3, -0.25) is 4.79 Å². The number of hydrogen-bond donors (Lipinski definition) is 1. The summed E-state index contributed by atoms with van der Waals surface area (Å²) in [6.07, 6.45) is 1.48. The van der Waals surface area contributed by atoms with E-state index in [0.717, 1.165) is 35.3 Å². The molecule has 1 N–H and O–H groups in total. The minimum atomic E-state index is -0.642. The Balaban J connectivity index is 1.19. The highest BCUT2D eigenvalue weighted by Crippen LogP contribution is 2.49. The summed E-state index contributed by atoms with van der Waals surface area (Å²) in [6.45, 7) is 0.947. The Labute approximate surface area is 210 Å². The SMILES string of the molecule is COc1ccc(-c2cc(C3(C(=O)NCc4ccc(OCc5ccccc5)cc4)CC3)no2)cc1OC. The van der Waals surface area contributed by atoms with Crippen molar-refractivity contribution in [3.8, 4) is 28.6 Å². The van der Waals surface area contributed by atoms with Crippen molar-refractivity contribution in [3.63, 3.8) is 0 Å². The van der Waals surface area contributed by atoms with Gasteiger partial charge < -0.3 is 24.1 Å². The Hall–Kier alpha value is -4.26. The molecule has 1 aromatic heterocycles. The molecule has 0 unspecified atom stereocenters. The molecule has 1 amide bonds. The van der Waals surface area contributed by atoms with Crippen molar-refractivity contribution in [2.24, 2.45) is 0 Å². The summed E-state index contributed by atoms with van der Waals surface area (Å²) in [6, 6.07) is 25.2. The van der Waals surface area contributed by atoms with E-state index in [9.17, 15) is 4.79 Å². The number of carbonyl (C=O) groups is 1. The first-order chi connectivity index (χ1) is 17.6. The fraction of sp³-hybridized carbons (Fsp3) is 0.241. The lowest BCUT2D eigenvalue weighted by Crippen LogP contribution is -2.34. The average molecular weight is 485 g/mol. The van der Waals surface area contributed by atoms with Gasteiger partial charge in [0, 0.05) is 18.2 Å². The van der Waals surface area contributed by atoms with Crippen LogP contribution in [0, 0.1) is 0 Å². The van der Waals surface area contributed by atoms with E-state index in [0.29, 0.717) is 36.1 Å². The van der Waals surface area contributed by atoms with Gasteiger partial charge >= 0.3 is 0 Å². The molecular weight excluding hydrogens is 456 g/mol. The maximum absolute atomic E-state index is 13.1. The van der Waals surface area contributed by atoms with Crippen LogP contribution in [0.4, 0.5) is 0 Å². The summed E-state index contributed by atoms with van der Waals surface area (Å²) in [7, 11) is 3.18. The summed E-state index contributed by atoms with van der Waals surface area (Å²) in [5.41, 5.74) is 2.92. The monoisotopic (exact) mass is 484 g/mol. The second-order valence-electron chi connectivity index (χ2n) is 8.83. The summed E-state index contributed by atoms with van der Waals surface area (Å²) in [4.78, 5) is 13.1. The van der Waals surface area contributed by atoms with E-state index >= 15 is 0 Å². The van der Waals surface area contributed by atoms with Crippen LogP contribution in [-0.2, 0) is 23.4 Å². The molecule has 0 radical (unpaired) electrons. The predicted octanol–water partition coefficient (Wildman–Crippen LogP) is 5.29. The third-order valence-electron chi connectivity index (χ3n) is 6.48. The van der Waals surface area contributed by atoms with Crippen LogP contribution in [0.3, 0.4) is 0 Å². The number of carbonyl (C=O) groups excluding carboxylic acids is 1. The highest BCUT2D eigenvalue weighted by Gasteiger charge is 2.53. The molecule has 7 heteroatoms. The molecule has 1 saturated carbocycles. The van der Waals surface area contributed by atoms with Crippen LogP contribution in [0.5, 0.6) is 17.2 Å². The van der Waals surface area contributed by atoms with E-state index in [-0.39, 0.29) is 5.91 Å². The second kappa shape index (κ2) is 10.2. The van der Waals surface area contributed by atoms with Gasteiger partial charge in [0.25, 0.3) is 0 Å². The van der Waals surface area contributed by atoms with E-state index in [4.69, 9.17) is 18.7 Å². The first kappa shape index (κ1) is 23.5. The first-order valence-electron chi connectivity index (χ1n) is 11.8. The smallest absolute Gasteiger partial charge is 0.232 e. The Morgan fingerprint density at radius 2 is 1.67 bits per heavy atom. The number of nitrogens with zero attached hydrogens (tertiary/aromatic N) is 1. The number of ether oxygens (including phenoxy) is 3. The molecular formula is C29H28N2O5. The van der Waals surface area contributed by atoms with Crippen molar-refractivity contribution < 1.29 is 23.5 Å². The van der Waals surface area contributed by atoms with Crippen LogP contribution in [0.1, 0.15) is 29.7 Å². The molecule has 7 nitrogen and oxygen atoms in total. The van der Waals surface area contributed by atoms with Crippen molar-refractivity contribution in [1.29, 1.82) is 0 Å². The Bertz CT molecular complexity index is 1330. The molecule has 1 fully saturated rings. The zero-order chi connectivity index (χ0) is 25.0. The molecule has 36 heavy (non-hydrogen) atoms. The van der Waals surface area contributed by atoms with Crippen LogP contribution < -0.4 is 19.5 Å². The van der Waals surface area contributed by atoms with Crippen LogP contribution in [0.2, 0.25) is 0 Å². The van der Waals surface area contributed by atoms with Crippen molar-refractivity contribution in [1.82, 2.24) is 10.5 Å². The first-order valence-corrected chi connectivity index (χ1v) is 11.8. The van der Waals surface area contributed by atoms with E-state index in [1.54, 1.807) is 14.2 Å². The quantitative estimate of drug-likeness (QED) is 0.330. The van der Waals surface area contributed by atoms with Crippen LogP contribution in [-0.4, -0.2) is 25.3 Å². The average Bonchev–Trinajstić information content (AvgIpc) is 3.60. The van der Waals surface area contributed by atoms with Gasteiger partial charge in [-0.1, -0.05) is 47.6 Å². The minimum absolute atomic E-state index is 0.0425. The molecule has 3 aromatic carbocycles. The van der Waals surface area contributed by atoms with Gasteiger partial charge in [0.15, 0.2) is 17.3 Å². The Morgan fingerprint density at radius 1 is 0.917 bits per heavy atom. The summed E-state index contributed by atoms with van der Waals surface area (Å²) in [5, 5.41) is 7.30.